The van der Waals surface area contributed by atoms with E-state index in [0.29, 0.717) is 26.2 Å². The Balaban J connectivity index is 3.89. The molecular formula is C12H25N3O3. The minimum absolute atomic E-state index is 0.0405. The fraction of sp³-hybridized carbons (Fsp3) is 0.833. The van der Waals surface area contributed by atoms with Crippen LogP contribution in [0.2, 0.25) is 0 Å². The first kappa shape index (κ1) is 16.7. The predicted octanol–water partition coefficient (Wildman–Crippen LogP) is 1.08. The first-order chi connectivity index (χ1) is 8.67. The lowest BCUT2D eigenvalue weighted by atomic mass is 10.0. The lowest BCUT2D eigenvalue weighted by Gasteiger charge is -2.14. The Hall–Kier alpha value is -1.30. The van der Waals surface area contributed by atoms with Crippen LogP contribution in [0.15, 0.2) is 5.16 Å². The van der Waals surface area contributed by atoms with Gasteiger partial charge in [0.05, 0.1) is 12.5 Å². The van der Waals surface area contributed by atoms with Crippen molar-refractivity contribution in [1.82, 2.24) is 5.32 Å². The van der Waals surface area contributed by atoms with Crippen LogP contribution >= 0.6 is 0 Å². The molecule has 0 aliphatic carbocycles. The van der Waals surface area contributed by atoms with Crippen molar-refractivity contribution in [3.05, 3.63) is 0 Å². The molecule has 0 saturated carbocycles. The zero-order valence-corrected chi connectivity index (χ0v) is 11.3. The second-order valence-corrected chi connectivity index (χ2v) is 4.12. The van der Waals surface area contributed by atoms with E-state index in [9.17, 15) is 4.79 Å². The summed E-state index contributed by atoms with van der Waals surface area (Å²) in [6, 6.07) is 0. The topological polar surface area (TPSA) is 96.9 Å². The van der Waals surface area contributed by atoms with Crippen molar-refractivity contribution in [3.8, 4) is 0 Å². The number of nitrogens with zero attached hydrogens (tertiary/aromatic N) is 1. The highest BCUT2D eigenvalue weighted by atomic mass is 16.5. The molecule has 0 aliphatic heterocycles. The van der Waals surface area contributed by atoms with Gasteiger partial charge >= 0.3 is 0 Å². The summed E-state index contributed by atoms with van der Waals surface area (Å²) in [5.74, 6) is -0.817. The van der Waals surface area contributed by atoms with Gasteiger partial charge in [-0.3, -0.25) is 4.79 Å². The largest absolute Gasteiger partial charge is 0.409 e. The van der Waals surface area contributed by atoms with Crippen LogP contribution < -0.4 is 11.1 Å². The fourth-order valence-electron chi connectivity index (χ4n) is 1.49. The minimum Gasteiger partial charge on any atom is -0.409 e. The number of nitrogens with two attached hydrogens (primary N) is 1. The van der Waals surface area contributed by atoms with Gasteiger partial charge in [-0.1, -0.05) is 31.8 Å². The molecule has 0 spiro atoms. The molecule has 0 radical (unpaired) electrons. The molecule has 1 unspecified atom stereocenters. The Morgan fingerprint density at radius 1 is 1.39 bits per heavy atom. The summed E-state index contributed by atoms with van der Waals surface area (Å²) >= 11 is 0. The number of hydrogen-bond donors (Lipinski definition) is 3. The smallest absolute Gasteiger partial charge is 0.230 e. The third kappa shape index (κ3) is 7.11. The van der Waals surface area contributed by atoms with Crippen LogP contribution in [0.25, 0.3) is 0 Å². The van der Waals surface area contributed by atoms with Gasteiger partial charge in [-0.05, 0) is 12.8 Å². The van der Waals surface area contributed by atoms with Crippen LogP contribution in [0.1, 0.15) is 39.5 Å². The van der Waals surface area contributed by atoms with E-state index >= 15 is 0 Å². The number of ether oxygens (including phenoxy) is 1. The minimum atomic E-state index is -0.560. The van der Waals surface area contributed by atoms with Crippen LogP contribution in [-0.2, 0) is 9.53 Å². The van der Waals surface area contributed by atoms with Crippen molar-refractivity contribution in [3.63, 3.8) is 0 Å². The summed E-state index contributed by atoms with van der Waals surface area (Å²) in [4.78, 5) is 11.8. The molecule has 18 heavy (non-hydrogen) atoms. The summed E-state index contributed by atoms with van der Waals surface area (Å²) in [6.45, 7) is 5.68. The highest BCUT2D eigenvalue weighted by molar-refractivity contribution is 6.01. The van der Waals surface area contributed by atoms with Gasteiger partial charge in [0.15, 0.2) is 5.84 Å². The Morgan fingerprint density at radius 3 is 2.67 bits per heavy atom. The molecule has 106 valence electrons. The van der Waals surface area contributed by atoms with Crippen LogP contribution in [0.3, 0.4) is 0 Å². The summed E-state index contributed by atoms with van der Waals surface area (Å²) in [7, 11) is 0. The molecule has 1 amide bonds. The Labute approximate surface area is 109 Å². The molecule has 0 aromatic carbocycles. The standard InChI is InChI=1S/C12H25N3O3/c1-3-5-8-18-9-7-14-12(16)10(6-4-2)11(13)15-17/h10,17H,3-9H2,1-2H3,(H2,13,15)(H,14,16). The van der Waals surface area contributed by atoms with Gasteiger partial charge in [0.2, 0.25) is 5.91 Å². The zero-order chi connectivity index (χ0) is 13.8. The number of amidine groups is 1. The molecule has 0 rings (SSSR count). The van der Waals surface area contributed by atoms with E-state index in [0.717, 1.165) is 19.3 Å². The van der Waals surface area contributed by atoms with Gasteiger partial charge in [-0.15, -0.1) is 0 Å². The SMILES string of the molecule is CCCCOCCNC(=O)C(CCC)/C(N)=N/O. The molecule has 0 bridgehead atoms. The Kier molecular flexibility index (Phi) is 10.0. The van der Waals surface area contributed by atoms with E-state index < -0.39 is 5.92 Å². The van der Waals surface area contributed by atoms with Gasteiger partial charge in [0, 0.05) is 13.2 Å². The molecule has 6 nitrogen and oxygen atoms in total. The fourth-order valence-corrected chi connectivity index (χ4v) is 1.49. The van der Waals surface area contributed by atoms with Crippen molar-refractivity contribution < 1.29 is 14.7 Å². The van der Waals surface area contributed by atoms with Gasteiger partial charge < -0.3 is 21.0 Å². The van der Waals surface area contributed by atoms with E-state index in [2.05, 4.69) is 17.4 Å². The van der Waals surface area contributed by atoms with Gasteiger partial charge in [0.25, 0.3) is 0 Å². The first-order valence-electron chi connectivity index (χ1n) is 6.50. The van der Waals surface area contributed by atoms with E-state index in [1.807, 2.05) is 6.92 Å². The van der Waals surface area contributed by atoms with Crippen molar-refractivity contribution in [2.45, 2.75) is 39.5 Å². The van der Waals surface area contributed by atoms with Crippen LogP contribution in [0.4, 0.5) is 0 Å². The quantitative estimate of drug-likeness (QED) is 0.180. The van der Waals surface area contributed by atoms with Crippen LogP contribution in [0.5, 0.6) is 0 Å². The Morgan fingerprint density at radius 2 is 2.11 bits per heavy atom. The highest BCUT2D eigenvalue weighted by Gasteiger charge is 2.21. The van der Waals surface area contributed by atoms with E-state index in [1.165, 1.54) is 0 Å². The molecule has 4 N–H and O–H groups in total. The van der Waals surface area contributed by atoms with Gasteiger partial charge in [0.1, 0.15) is 0 Å². The van der Waals surface area contributed by atoms with Gasteiger partial charge in [-0.2, -0.15) is 0 Å². The number of nitrogens with one attached hydrogen (secondary N) is 1. The molecule has 0 aromatic heterocycles. The molecule has 0 aromatic rings. The predicted molar refractivity (Wildman–Crippen MR) is 70.5 cm³/mol. The maximum Gasteiger partial charge on any atom is 0.230 e. The highest BCUT2D eigenvalue weighted by Crippen LogP contribution is 2.06. The third-order valence-corrected chi connectivity index (χ3v) is 2.55. The molecule has 0 fully saturated rings. The monoisotopic (exact) mass is 259 g/mol. The lowest BCUT2D eigenvalue weighted by molar-refractivity contribution is -0.123. The number of amides is 1. The second kappa shape index (κ2) is 10.8. The number of unbranched alkanes of at least 4 members (excludes halogenated alkanes) is 1. The van der Waals surface area contributed by atoms with Crippen molar-refractivity contribution in [1.29, 1.82) is 0 Å². The molecule has 1 atom stereocenters. The van der Waals surface area contributed by atoms with Crippen molar-refractivity contribution >= 4 is 11.7 Å². The average Bonchev–Trinajstić information content (AvgIpc) is 2.38. The molecule has 0 saturated heterocycles. The number of hydrogen-bond acceptors (Lipinski definition) is 4. The summed E-state index contributed by atoms with van der Waals surface area (Å²) in [5.41, 5.74) is 5.48. The van der Waals surface area contributed by atoms with Crippen molar-refractivity contribution in [2.24, 2.45) is 16.8 Å². The maximum atomic E-state index is 11.8. The van der Waals surface area contributed by atoms with Crippen LogP contribution in [0, 0.1) is 5.92 Å². The first-order valence-corrected chi connectivity index (χ1v) is 6.50. The lowest BCUT2D eigenvalue weighted by Crippen LogP contribution is -2.40. The molecule has 0 heterocycles. The molecular weight excluding hydrogens is 234 g/mol. The van der Waals surface area contributed by atoms with Crippen LogP contribution in [-0.4, -0.2) is 36.7 Å². The average molecular weight is 259 g/mol. The summed E-state index contributed by atoms with van der Waals surface area (Å²) in [6.07, 6.45) is 3.48. The third-order valence-electron chi connectivity index (χ3n) is 2.55. The van der Waals surface area contributed by atoms with E-state index in [4.69, 9.17) is 15.7 Å². The molecule has 6 heteroatoms. The van der Waals surface area contributed by atoms with Gasteiger partial charge in [-0.25, -0.2) is 0 Å². The summed E-state index contributed by atoms with van der Waals surface area (Å²) < 4.78 is 5.33. The zero-order valence-electron chi connectivity index (χ0n) is 11.3. The Bertz CT molecular complexity index is 257. The van der Waals surface area contributed by atoms with Crippen molar-refractivity contribution in [2.75, 3.05) is 19.8 Å². The maximum absolute atomic E-state index is 11.8. The van der Waals surface area contributed by atoms with E-state index in [-0.39, 0.29) is 11.7 Å². The number of rotatable bonds is 10. The number of carbonyl (C=O) groups is 1. The summed E-state index contributed by atoms with van der Waals surface area (Å²) in [5, 5.41) is 14.2. The second-order valence-electron chi connectivity index (χ2n) is 4.12. The number of oxime groups is 1. The normalized spacial score (nSPS) is 13.3. The molecule has 0 aliphatic rings. The number of carbonyl (C=O) groups excluding carboxylic acids is 1. The van der Waals surface area contributed by atoms with E-state index in [1.54, 1.807) is 0 Å².